The molecule has 0 aromatic heterocycles. The summed E-state index contributed by atoms with van der Waals surface area (Å²) in [6, 6.07) is -0.000000000000000222. The molecule has 1 N–H and O–H groups in total. The van der Waals surface area contributed by atoms with Gasteiger partial charge in [0.15, 0.2) is 0 Å². The Bertz CT molecular complexity index is 151. The van der Waals surface area contributed by atoms with Crippen LogP contribution in [-0.4, -0.2) is 29.4 Å². The number of carbonyl (C=O) groups is 1. The molecule has 72 valence electrons. The summed E-state index contributed by atoms with van der Waals surface area (Å²) in [4.78, 5) is 11.1. The minimum absolute atomic E-state index is 0.000000000000000222. The predicted octanol–water partition coefficient (Wildman–Crippen LogP) is 1.70. The summed E-state index contributed by atoms with van der Waals surface area (Å²) in [5.74, 6) is 1.08. The zero-order chi connectivity index (χ0) is 9.78. The summed E-state index contributed by atoms with van der Waals surface area (Å²) in [5, 5.41) is 3.29. The Balaban J connectivity index is 4.05. The molecule has 0 fully saturated rings. The van der Waals surface area contributed by atoms with Crippen LogP contribution in [0.4, 0.5) is 0 Å². The topological polar surface area (TPSA) is 29.1 Å². The second-order valence-electron chi connectivity index (χ2n) is 4.01. The highest BCUT2D eigenvalue weighted by molar-refractivity contribution is 7.98. The highest BCUT2D eigenvalue weighted by Gasteiger charge is 2.19. The number of rotatable bonds is 4. The third kappa shape index (κ3) is 5.61. The van der Waals surface area contributed by atoms with Gasteiger partial charge in [0.1, 0.15) is 5.78 Å². The van der Waals surface area contributed by atoms with Crippen LogP contribution in [0.1, 0.15) is 27.7 Å². The van der Waals surface area contributed by atoms with Crippen LogP contribution in [0.2, 0.25) is 0 Å². The first-order chi connectivity index (χ1) is 5.37. The highest BCUT2D eigenvalue weighted by Crippen LogP contribution is 2.05. The van der Waals surface area contributed by atoms with Gasteiger partial charge >= 0.3 is 0 Å². The Morgan fingerprint density at radius 2 is 2.00 bits per heavy atom. The van der Waals surface area contributed by atoms with E-state index in [9.17, 15) is 4.79 Å². The van der Waals surface area contributed by atoms with Crippen molar-refractivity contribution >= 4 is 17.5 Å². The van der Waals surface area contributed by atoms with Crippen LogP contribution in [0, 0.1) is 0 Å². The summed E-state index contributed by atoms with van der Waals surface area (Å²) < 4.78 is 0. The second-order valence-corrected chi connectivity index (χ2v) is 4.92. The van der Waals surface area contributed by atoms with E-state index in [1.54, 1.807) is 18.7 Å². The smallest absolute Gasteiger partial charge is 0.147 e. The van der Waals surface area contributed by atoms with Gasteiger partial charge in [0, 0.05) is 11.3 Å². The van der Waals surface area contributed by atoms with Crippen molar-refractivity contribution in [1.82, 2.24) is 5.32 Å². The number of carbonyl (C=O) groups excluding carboxylic acids is 1. The zero-order valence-electron chi connectivity index (χ0n) is 8.60. The van der Waals surface area contributed by atoms with E-state index < -0.39 is 0 Å². The molecule has 3 heteroatoms. The average molecular weight is 189 g/mol. The van der Waals surface area contributed by atoms with Crippen molar-refractivity contribution in [3.63, 3.8) is 0 Å². The highest BCUT2D eigenvalue weighted by atomic mass is 32.2. The van der Waals surface area contributed by atoms with E-state index in [4.69, 9.17) is 0 Å². The molecular weight excluding hydrogens is 170 g/mol. The first kappa shape index (κ1) is 12.0. The summed E-state index contributed by atoms with van der Waals surface area (Å²) in [5.41, 5.74) is 0.0199. The Morgan fingerprint density at radius 1 is 1.50 bits per heavy atom. The van der Waals surface area contributed by atoms with E-state index >= 15 is 0 Å². The molecular formula is C9H19NOS. The molecule has 2 nitrogen and oxygen atoms in total. The van der Waals surface area contributed by atoms with Crippen LogP contribution in [0.3, 0.4) is 0 Å². The quantitative estimate of drug-likeness (QED) is 0.730. The van der Waals surface area contributed by atoms with Crippen LogP contribution in [-0.2, 0) is 4.79 Å². The van der Waals surface area contributed by atoms with Gasteiger partial charge in [-0.1, -0.05) is 0 Å². The van der Waals surface area contributed by atoms with E-state index in [1.807, 2.05) is 6.26 Å². The summed E-state index contributed by atoms with van der Waals surface area (Å²) in [6.45, 7) is 7.86. The lowest BCUT2D eigenvalue weighted by Crippen LogP contribution is -2.48. The number of ketones is 1. The van der Waals surface area contributed by atoms with Gasteiger partial charge < -0.3 is 5.32 Å². The second kappa shape index (κ2) is 4.87. The molecule has 0 radical (unpaired) electrons. The molecule has 0 amide bonds. The van der Waals surface area contributed by atoms with Crippen molar-refractivity contribution in [3.8, 4) is 0 Å². The standard InChI is InChI=1S/C9H19NOS/c1-7(11)8(6-12-5)10-9(2,3)4/h8,10H,6H2,1-5H3/t8-/m0/s1. The lowest BCUT2D eigenvalue weighted by Gasteiger charge is -2.26. The van der Waals surface area contributed by atoms with Crippen molar-refractivity contribution in [2.75, 3.05) is 12.0 Å². The van der Waals surface area contributed by atoms with E-state index in [-0.39, 0.29) is 17.4 Å². The molecule has 12 heavy (non-hydrogen) atoms. The van der Waals surface area contributed by atoms with Crippen LogP contribution < -0.4 is 5.32 Å². The zero-order valence-corrected chi connectivity index (χ0v) is 9.42. The maximum absolute atomic E-state index is 11.1. The van der Waals surface area contributed by atoms with Gasteiger partial charge in [-0.05, 0) is 34.0 Å². The molecule has 0 saturated carbocycles. The van der Waals surface area contributed by atoms with Gasteiger partial charge in [-0.2, -0.15) is 11.8 Å². The van der Waals surface area contributed by atoms with Crippen molar-refractivity contribution in [2.24, 2.45) is 0 Å². The molecule has 0 spiro atoms. The molecule has 0 saturated heterocycles. The van der Waals surface area contributed by atoms with Crippen molar-refractivity contribution in [1.29, 1.82) is 0 Å². The summed E-state index contributed by atoms with van der Waals surface area (Å²) in [6.07, 6.45) is 2.01. The van der Waals surface area contributed by atoms with Gasteiger partial charge in [-0.3, -0.25) is 4.79 Å². The SMILES string of the molecule is CSC[C@H](NC(C)(C)C)C(C)=O. The molecule has 0 aliphatic rings. The minimum atomic E-state index is -0.000000000000000222. The van der Waals surface area contributed by atoms with E-state index in [0.717, 1.165) is 5.75 Å². The minimum Gasteiger partial charge on any atom is -0.302 e. The van der Waals surface area contributed by atoms with Gasteiger partial charge in [0.25, 0.3) is 0 Å². The lowest BCUT2D eigenvalue weighted by molar-refractivity contribution is -0.118. The largest absolute Gasteiger partial charge is 0.302 e. The van der Waals surface area contributed by atoms with Crippen LogP contribution >= 0.6 is 11.8 Å². The van der Waals surface area contributed by atoms with Crippen LogP contribution in [0.5, 0.6) is 0 Å². The molecule has 0 heterocycles. The summed E-state index contributed by atoms with van der Waals surface area (Å²) >= 11 is 1.70. The number of hydrogen-bond donors (Lipinski definition) is 1. The van der Waals surface area contributed by atoms with Gasteiger partial charge in [-0.15, -0.1) is 0 Å². The Kier molecular flexibility index (Phi) is 4.87. The molecule has 0 aliphatic heterocycles. The molecule has 0 aromatic rings. The Hall–Kier alpha value is -0.0200. The maximum Gasteiger partial charge on any atom is 0.147 e. The molecule has 0 rings (SSSR count). The van der Waals surface area contributed by atoms with Crippen molar-refractivity contribution < 1.29 is 4.79 Å². The first-order valence-electron chi connectivity index (χ1n) is 4.14. The summed E-state index contributed by atoms with van der Waals surface area (Å²) in [7, 11) is 0. The molecule has 0 bridgehead atoms. The Labute approximate surface area is 79.5 Å². The third-order valence-electron chi connectivity index (χ3n) is 1.43. The van der Waals surface area contributed by atoms with Crippen LogP contribution in [0.25, 0.3) is 0 Å². The molecule has 1 atom stereocenters. The number of Topliss-reactive ketones (excluding diaryl/α,β-unsaturated/α-hetero) is 1. The normalized spacial score (nSPS) is 14.4. The van der Waals surface area contributed by atoms with Gasteiger partial charge in [0.05, 0.1) is 6.04 Å². The number of nitrogens with one attached hydrogen (secondary N) is 1. The fourth-order valence-corrected chi connectivity index (χ4v) is 1.60. The number of thioether (sulfide) groups is 1. The van der Waals surface area contributed by atoms with Crippen molar-refractivity contribution in [2.45, 2.75) is 39.3 Å². The first-order valence-corrected chi connectivity index (χ1v) is 5.53. The molecule has 0 unspecified atom stereocenters. The van der Waals surface area contributed by atoms with Crippen molar-refractivity contribution in [3.05, 3.63) is 0 Å². The number of hydrogen-bond acceptors (Lipinski definition) is 3. The van der Waals surface area contributed by atoms with E-state index in [1.165, 1.54) is 0 Å². The van der Waals surface area contributed by atoms with Gasteiger partial charge in [0.2, 0.25) is 0 Å². The lowest BCUT2D eigenvalue weighted by atomic mass is 10.1. The fraction of sp³-hybridized carbons (Fsp3) is 0.889. The van der Waals surface area contributed by atoms with E-state index in [0.29, 0.717) is 0 Å². The molecule has 0 aliphatic carbocycles. The van der Waals surface area contributed by atoms with E-state index in [2.05, 4.69) is 26.1 Å². The fourth-order valence-electron chi connectivity index (χ4n) is 0.950. The maximum atomic E-state index is 11.1. The monoisotopic (exact) mass is 189 g/mol. The predicted molar refractivity (Wildman–Crippen MR) is 55.7 cm³/mol. The third-order valence-corrected chi connectivity index (χ3v) is 2.10. The molecule has 0 aromatic carbocycles. The van der Waals surface area contributed by atoms with Crippen LogP contribution in [0.15, 0.2) is 0 Å². The average Bonchev–Trinajstić information content (AvgIpc) is 1.83. The van der Waals surface area contributed by atoms with Gasteiger partial charge in [-0.25, -0.2) is 0 Å². The Morgan fingerprint density at radius 3 is 2.25 bits per heavy atom.